The smallest absolute Gasteiger partial charge is 0.254 e. The summed E-state index contributed by atoms with van der Waals surface area (Å²) >= 11 is 0. The average Bonchev–Trinajstić information content (AvgIpc) is 2.32. The average molecular weight is 270 g/mol. The highest BCUT2D eigenvalue weighted by Gasteiger charge is 2.15. The Morgan fingerprint density at radius 2 is 2.00 bits per heavy atom. The molecule has 0 aliphatic rings. The first-order chi connectivity index (χ1) is 8.91. The lowest BCUT2D eigenvalue weighted by Gasteiger charge is -2.08. The molecule has 0 saturated carbocycles. The van der Waals surface area contributed by atoms with Crippen molar-refractivity contribution in [1.29, 1.82) is 0 Å². The van der Waals surface area contributed by atoms with Gasteiger partial charge in [0.1, 0.15) is 5.82 Å². The Hall–Kier alpha value is -1.65. The highest BCUT2D eigenvalue weighted by Crippen LogP contribution is 2.17. The molecule has 0 saturated heterocycles. The van der Waals surface area contributed by atoms with Gasteiger partial charge in [-0.15, -0.1) is 0 Å². The van der Waals surface area contributed by atoms with E-state index in [4.69, 9.17) is 5.73 Å². The molecule has 0 spiro atoms. The summed E-state index contributed by atoms with van der Waals surface area (Å²) < 4.78 is 26.6. The van der Waals surface area contributed by atoms with Crippen molar-refractivity contribution in [3.05, 3.63) is 29.3 Å². The Morgan fingerprint density at radius 1 is 1.32 bits per heavy atom. The number of benzene rings is 1. The Bertz CT molecular complexity index is 447. The second-order valence-electron chi connectivity index (χ2n) is 5.00. The molecule has 0 atom stereocenters. The summed E-state index contributed by atoms with van der Waals surface area (Å²) in [4.78, 5) is 11.7. The normalized spacial score (nSPS) is 10.8. The van der Waals surface area contributed by atoms with E-state index in [-0.39, 0.29) is 11.3 Å². The number of nitrogen functional groups attached to an aromatic ring is 1. The van der Waals surface area contributed by atoms with Gasteiger partial charge in [-0.25, -0.2) is 8.78 Å². The van der Waals surface area contributed by atoms with Crippen LogP contribution in [0, 0.1) is 17.6 Å². The number of rotatable bonds is 6. The molecule has 106 valence electrons. The molecule has 19 heavy (non-hydrogen) atoms. The lowest BCUT2D eigenvalue weighted by atomic mass is 10.1. The maximum Gasteiger partial charge on any atom is 0.254 e. The molecule has 5 heteroatoms. The summed E-state index contributed by atoms with van der Waals surface area (Å²) in [6, 6.07) is 1.71. The monoisotopic (exact) mass is 270 g/mol. The topological polar surface area (TPSA) is 55.1 Å². The first kappa shape index (κ1) is 15.4. The van der Waals surface area contributed by atoms with Gasteiger partial charge in [0.15, 0.2) is 5.82 Å². The lowest BCUT2D eigenvalue weighted by Crippen LogP contribution is -2.26. The van der Waals surface area contributed by atoms with E-state index in [0.29, 0.717) is 12.5 Å². The molecule has 0 heterocycles. The summed E-state index contributed by atoms with van der Waals surface area (Å²) in [6.45, 7) is 4.70. The van der Waals surface area contributed by atoms with Crippen molar-refractivity contribution in [2.24, 2.45) is 5.92 Å². The van der Waals surface area contributed by atoms with Crippen LogP contribution in [0.2, 0.25) is 0 Å². The van der Waals surface area contributed by atoms with Crippen molar-refractivity contribution in [3.8, 4) is 0 Å². The Morgan fingerprint density at radius 3 is 2.63 bits per heavy atom. The fourth-order valence-corrected chi connectivity index (χ4v) is 1.75. The third-order valence-electron chi connectivity index (χ3n) is 2.80. The number of unbranched alkanes of at least 4 members (excludes halogenated alkanes) is 1. The van der Waals surface area contributed by atoms with Gasteiger partial charge in [-0.3, -0.25) is 4.79 Å². The van der Waals surface area contributed by atoms with Crippen molar-refractivity contribution < 1.29 is 13.6 Å². The van der Waals surface area contributed by atoms with E-state index in [2.05, 4.69) is 19.2 Å². The van der Waals surface area contributed by atoms with Crippen LogP contribution in [0.25, 0.3) is 0 Å². The van der Waals surface area contributed by atoms with Gasteiger partial charge < -0.3 is 11.1 Å². The van der Waals surface area contributed by atoms with Gasteiger partial charge in [-0.2, -0.15) is 0 Å². The molecule has 1 amide bonds. The van der Waals surface area contributed by atoms with Crippen LogP contribution in [0.15, 0.2) is 12.1 Å². The zero-order valence-corrected chi connectivity index (χ0v) is 11.3. The number of hydrogen-bond donors (Lipinski definition) is 2. The third kappa shape index (κ3) is 4.85. The van der Waals surface area contributed by atoms with E-state index in [1.807, 2.05) is 0 Å². The number of amides is 1. The number of nitrogens with one attached hydrogen (secondary N) is 1. The van der Waals surface area contributed by atoms with Gasteiger partial charge >= 0.3 is 0 Å². The number of nitrogens with two attached hydrogens (primary N) is 1. The maximum atomic E-state index is 13.6. The van der Waals surface area contributed by atoms with Gasteiger partial charge in [-0.05, 0) is 24.5 Å². The standard InChI is InChI=1S/C14H20F2N2O/c1-9(2)5-3-4-6-18-14(19)11-7-10(15)8-12(17)13(11)16/h7-9H,3-6,17H2,1-2H3,(H,18,19). The minimum Gasteiger partial charge on any atom is -0.396 e. The Kier molecular flexibility index (Phi) is 5.73. The fraction of sp³-hybridized carbons (Fsp3) is 0.500. The highest BCUT2D eigenvalue weighted by atomic mass is 19.1. The molecule has 3 N–H and O–H groups in total. The molecular weight excluding hydrogens is 250 g/mol. The molecule has 0 unspecified atom stereocenters. The molecule has 0 bridgehead atoms. The van der Waals surface area contributed by atoms with E-state index >= 15 is 0 Å². The van der Waals surface area contributed by atoms with Crippen molar-refractivity contribution in [1.82, 2.24) is 5.32 Å². The van der Waals surface area contributed by atoms with Gasteiger partial charge in [0.2, 0.25) is 0 Å². The molecule has 0 aliphatic heterocycles. The van der Waals surface area contributed by atoms with Crippen molar-refractivity contribution in [3.63, 3.8) is 0 Å². The summed E-state index contributed by atoms with van der Waals surface area (Å²) in [7, 11) is 0. The van der Waals surface area contributed by atoms with E-state index in [1.54, 1.807) is 0 Å². The van der Waals surface area contributed by atoms with Crippen LogP contribution in [0.3, 0.4) is 0 Å². The van der Waals surface area contributed by atoms with E-state index in [0.717, 1.165) is 31.4 Å². The van der Waals surface area contributed by atoms with E-state index in [1.165, 1.54) is 0 Å². The minimum absolute atomic E-state index is 0.346. The summed E-state index contributed by atoms with van der Waals surface area (Å²) in [5.74, 6) is -1.60. The van der Waals surface area contributed by atoms with E-state index in [9.17, 15) is 13.6 Å². The zero-order chi connectivity index (χ0) is 14.4. The van der Waals surface area contributed by atoms with Crippen LogP contribution in [0.4, 0.5) is 14.5 Å². The Labute approximate surface area is 112 Å². The summed E-state index contributed by atoms with van der Waals surface area (Å²) in [5, 5.41) is 2.57. The largest absolute Gasteiger partial charge is 0.396 e. The number of halogens is 2. The first-order valence-corrected chi connectivity index (χ1v) is 6.44. The van der Waals surface area contributed by atoms with Crippen LogP contribution >= 0.6 is 0 Å². The van der Waals surface area contributed by atoms with Gasteiger partial charge in [-0.1, -0.05) is 26.7 Å². The molecule has 0 fully saturated rings. The molecular formula is C14H20F2N2O. The summed E-state index contributed by atoms with van der Waals surface area (Å²) in [6.07, 6.45) is 2.89. The molecule has 1 rings (SSSR count). The van der Waals surface area contributed by atoms with Crippen molar-refractivity contribution in [2.45, 2.75) is 33.1 Å². The van der Waals surface area contributed by atoms with Crippen LogP contribution in [-0.4, -0.2) is 12.5 Å². The molecule has 0 aromatic heterocycles. The number of carbonyl (C=O) groups excluding carboxylic acids is 1. The van der Waals surface area contributed by atoms with Crippen LogP contribution in [0.1, 0.15) is 43.5 Å². The number of carbonyl (C=O) groups is 1. The fourth-order valence-electron chi connectivity index (χ4n) is 1.75. The van der Waals surface area contributed by atoms with Crippen molar-refractivity contribution in [2.75, 3.05) is 12.3 Å². The number of anilines is 1. The highest BCUT2D eigenvalue weighted by molar-refractivity contribution is 5.95. The second kappa shape index (κ2) is 7.07. The molecule has 1 aromatic rings. The SMILES string of the molecule is CC(C)CCCCNC(=O)c1cc(F)cc(N)c1F. The van der Waals surface area contributed by atoms with Crippen molar-refractivity contribution >= 4 is 11.6 Å². The maximum absolute atomic E-state index is 13.6. The predicted octanol–water partition coefficient (Wildman–Crippen LogP) is 3.10. The lowest BCUT2D eigenvalue weighted by molar-refractivity contribution is 0.0948. The predicted molar refractivity (Wildman–Crippen MR) is 71.8 cm³/mol. The van der Waals surface area contributed by atoms with Gasteiger partial charge in [0.05, 0.1) is 11.3 Å². The third-order valence-corrected chi connectivity index (χ3v) is 2.80. The molecule has 0 aliphatic carbocycles. The number of hydrogen-bond acceptors (Lipinski definition) is 2. The molecule has 1 aromatic carbocycles. The van der Waals surface area contributed by atoms with Gasteiger partial charge in [0.25, 0.3) is 5.91 Å². The van der Waals surface area contributed by atoms with Crippen LogP contribution < -0.4 is 11.1 Å². The van der Waals surface area contributed by atoms with Crippen LogP contribution in [-0.2, 0) is 0 Å². The quantitative estimate of drug-likeness (QED) is 0.616. The van der Waals surface area contributed by atoms with E-state index < -0.39 is 17.5 Å². The zero-order valence-electron chi connectivity index (χ0n) is 11.3. The Balaban J connectivity index is 2.50. The second-order valence-corrected chi connectivity index (χ2v) is 5.00. The first-order valence-electron chi connectivity index (χ1n) is 6.44. The van der Waals surface area contributed by atoms with Crippen LogP contribution in [0.5, 0.6) is 0 Å². The van der Waals surface area contributed by atoms with Gasteiger partial charge in [0, 0.05) is 6.54 Å². The minimum atomic E-state index is -0.874. The molecule has 3 nitrogen and oxygen atoms in total. The molecule has 0 radical (unpaired) electrons. The summed E-state index contributed by atoms with van der Waals surface area (Å²) in [5.41, 5.74) is 4.57.